The maximum atomic E-state index is 9.86. The van der Waals surface area contributed by atoms with Crippen molar-refractivity contribution in [2.75, 3.05) is 5.73 Å². The monoisotopic (exact) mass is 128 g/mol. The molecule has 0 saturated heterocycles. The summed E-state index contributed by atoms with van der Waals surface area (Å²) in [7, 11) is 0. The molecule has 0 bridgehead atoms. The van der Waals surface area contributed by atoms with E-state index in [9.17, 15) is 10.1 Å². The van der Waals surface area contributed by atoms with E-state index in [1.165, 1.54) is 12.3 Å². The Morgan fingerprint density at radius 3 is 2.78 bits per heavy atom. The van der Waals surface area contributed by atoms with Gasteiger partial charge in [-0.05, 0) is 0 Å². The quantitative estimate of drug-likeness (QED) is 0.408. The van der Waals surface area contributed by atoms with Gasteiger partial charge in [-0.15, -0.1) is 0 Å². The Balaban J connectivity index is 2.98. The Bertz CT molecular complexity index is 229. The molecule has 0 fully saturated rings. The standard InChI is InChI=1S/C3H4N4O2/c4-3-1-2-6(5-3)7(8)9/h1-2H,(H2,4,5). The number of aromatic nitrogens is 2. The fourth-order valence-electron chi connectivity index (χ4n) is 0.419. The van der Waals surface area contributed by atoms with Crippen molar-refractivity contribution in [2.45, 2.75) is 0 Å². The molecule has 9 heavy (non-hydrogen) atoms. The van der Waals surface area contributed by atoms with Gasteiger partial charge in [-0.1, -0.05) is 0 Å². The highest BCUT2D eigenvalue weighted by Crippen LogP contribution is 1.93. The Hall–Kier alpha value is -1.59. The van der Waals surface area contributed by atoms with Crippen LogP contribution in [0, 0.1) is 10.1 Å². The molecule has 2 N–H and O–H groups in total. The summed E-state index contributed by atoms with van der Waals surface area (Å²) in [6, 6.07) is 1.35. The van der Waals surface area contributed by atoms with Crippen molar-refractivity contribution in [3.8, 4) is 0 Å². The number of hydrogen-bond donors (Lipinski definition) is 1. The summed E-state index contributed by atoms with van der Waals surface area (Å²) >= 11 is 0. The van der Waals surface area contributed by atoms with Crippen LogP contribution in [-0.4, -0.2) is 14.9 Å². The molecule has 0 aromatic carbocycles. The van der Waals surface area contributed by atoms with Crippen LogP contribution in [0.3, 0.4) is 0 Å². The van der Waals surface area contributed by atoms with Crippen molar-refractivity contribution in [3.05, 3.63) is 22.4 Å². The molecule has 1 aromatic rings. The summed E-state index contributed by atoms with van der Waals surface area (Å²) in [6.45, 7) is 0. The second kappa shape index (κ2) is 1.73. The fourth-order valence-corrected chi connectivity index (χ4v) is 0.419. The minimum Gasteiger partial charge on any atom is -0.361 e. The molecule has 0 amide bonds. The van der Waals surface area contributed by atoms with E-state index in [0.29, 0.717) is 4.79 Å². The van der Waals surface area contributed by atoms with Crippen molar-refractivity contribution in [1.82, 2.24) is 9.89 Å². The molecule has 1 heterocycles. The molecule has 1 rings (SSSR count). The van der Waals surface area contributed by atoms with E-state index < -0.39 is 5.03 Å². The molecule has 0 unspecified atom stereocenters. The van der Waals surface area contributed by atoms with Crippen LogP contribution >= 0.6 is 0 Å². The molecule has 6 heteroatoms. The van der Waals surface area contributed by atoms with Crippen LogP contribution in [0.5, 0.6) is 0 Å². The van der Waals surface area contributed by atoms with Crippen LogP contribution < -0.4 is 5.73 Å². The maximum absolute atomic E-state index is 9.86. The highest BCUT2D eigenvalue weighted by molar-refractivity contribution is 5.23. The van der Waals surface area contributed by atoms with Crippen LogP contribution in [0.1, 0.15) is 0 Å². The second-order valence-corrected chi connectivity index (χ2v) is 1.40. The first-order valence-electron chi connectivity index (χ1n) is 2.16. The molecule has 0 radical (unpaired) electrons. The van der Waals surface area contributed by atoms with E-state index in [1.807, 2.05) is 0 Å². The van der Waals surface area contributed by atoms with Crippen molar-refractivity contribution < 1.29 is 5.03 Å². The maximum Gasteiger partial charge on any atom is 0.266 e. The minimum atomic E-state index is -0.670. The number of hydrogen-bond acceptors (Lipinski definition) is 4. The molecule has 0 atom stereocenters. The number of nitrogen functional groups attached to an aromatic ring is 1. The van der Waals surface area contributed by atoms with Gasteiger partial charge in [-0.2, -0.15) is 0 Å². The molecule has 0 saturated carbocycles. The van der Waals surface area contributed by atoms with Crippen molar-refractivity contribution in [1.29, 1.82) is 0 Å². The highest BCUT2D eigenvalue weighted by Gasteiger charge is 2.02. The lowest BCUT2D eigenvalue weighted by Gasteiger charge is -1.85. The third kappa shape index (κ3) is 0.958. The third-order valence-electron chi connectivity index (χ3n) is 0.764. The van der Waals surface area contributed by atoms with E-state index in [4.69, 9.17) is 5.73 Å². The van der Waals surface area contributed by atoms with Crippen molar-refractivity contribution in [3.63, 3.8) is 0 Å². The number of nitrogens with zero attached hydrogens (tertiary/aromatic N) is 3. The normalized spacial score (nSPS) is 9.33. The zero-order chi connectivity index (χ0) is 6.85. The van der Waals surface area contributed by atoms with Gasteiger partial charge in [0.05, 0.1) is 10.1 Å². The van der Waals surface area contributed by atoms with E-state index >= 15 is 0 Å². The first kappa shape index (κ1) is 5.54. The number of nitrogens with two attached hydrogens (primary N) is 1. The molecule has 0 spiro atoms. The largest absolute Gasteiger partial charge is 0.361 e. The molecular weight excluding hydrogens is 124 g/mol. The van der Waals surface area contributed by atoms with Gasteiger partial charge in [0, 0.05) is 10.9 Å². The van der Waals surface area contributed by atoms with Gasteiger partial charge in [-0.25, -0.2) is 0 Å². The topological polar surface area (TPSA) is 87.0 Å². The average molecular weight is 128 g/mol. The van der Waals surface area contributed by atoms with Gasteiger partial charge in [0.1, 0.15) is 6.20 Å². The van der Waals surface area contributed by atoms with Gasteiger partial charge >= 0.3 is 0 Å². The molecule has 6 nitrogen and oxygen atoms in total. The van der Waals surface area contributed by atoms with E-state index in [1.54, 1.807) is 0 Å². The summed E-state index contributed by atoms with van der Waals surface area (Å²) in [6.07, 6.45) is 1.18. The Labute approximate surface area is 50.0 Å². The zero-order valence-corrected chi connectivity index (χ0v) is 4.39. The Morgan fingerprint density at radius 2 is 2.56 bits per heavy atom. The summed E-state index contributed by atoms with van der Waals surface area (Å²) in [4.78, 5) is 10.4. The van der Waals surface area contributed by atoms with Crippen LogP contribution in [0.4, 0.5) is 5.82 Å². The van der Waals surface area contributed by atoms with E-state index in [2.05, 4.69) is 5.10 Å². The smallest absolute Gasteiger partial charge is 0.266 e. The summed E-state index contributed by atoms with van der Waals surface area (Å²) < 4.78 is 0. The first-order chi connectivity index (χ1) is 4.20. The zero-order valence-electron chi connectivity index (χ0n) is 4.39. The van der Waals surface area contributed by atoms with Crippen molar-refractivity contribution >= 4 is 5.82 Å². The Morgan fingerprint density at radius 1 is 1.89 bits per heavy atom. The van der Waals surface area contributed by atoms with Gasteiger partial charge in [0.2, 0.25) is 0 Å². The Kier molecular flexibility index (Phi) is 1.07. The van der Waals surface area contributed by atoms with E-state index in [-0.39, 0.29) is 5.82 Å². The van der Waals surface area contributed by atoms with Crippen LogP contribution in [0.25, 0.3) is 0 Å². The average Bonchev–Trinajstić information content (AvgIpc) is 2.14. The van der Waals surface area contributed by atoms with Crippen LogP contribution in [0.15, 0.2) is 12.3 Å². The summed E-state index contributed by atoms with van der Waals surface area (Å²) in [5.74, 6) is 0.145. The highest BCUT2D eigenvalue weighted by atomic mass is 16.7. The molecule has 0 aliphatic rings. The van der Waals surface area contributed by atoms with Crippen LogP contribution in [-0.2, 0) is 0 Å². The summed E-state index contributed by atoms with van der Waals surface area (Å²) in [5, 5.41) is 12.5. The third-order valence-corrected chi connectivity index (χ3v) is 0.764. The molecule has 48 valence electrons. The lowest BCUT2D eigenvalue weighted by molar-refractivity contribution is -0.552. The fraction of sp³-hybridized carbons (Fsp3) is 0. The van der Waals surface area contributed by atoms with Gasteiger partial charge in [-0.3, -0.25) is 0 Å². The van der Waals surface area contributed by atoms with Crippen molar-refractivity contribution in [2.24, 2.45) is 0 Å². The molecule has 0 aliphatic carbocycles. The predicted molar refractivity (Wildman–Crippen MR) is 29.0 cm³/mol. The van der Waals surface area contributed by atoms with Gasteiger partial charge in [0.15, 0.2) is 0 Å². The molecule has 1 aromatic heterocycles. The lowest BCUT2D eigenvalue weighted by atomic mass is 10.7. The van der Waals surface area contributed by atoms with Crippen LogP contribution in [0.2, 0.25) is 0 Å². The molecule has 0 aliphatic heterocycles. The SMILES string of the molecule is Nc1ccn([N+](=O)[O-])n1. The minimum absolute atomic E-state index is 0.145. The summed E-state index contributed by atoms with van der Waals surface area (Å²) in [5.41, 5.74) is 5.08. The number of anilines is 1. The van der Waals surface area contributed by atoms with Gasteiger partial charge < -0.3 is 15.8 Å². The lowest BCUT2D eigenvalue weighted by Crippen LogP contribution is -2.08. The number of nitro groups is 1. The van der Waals surface area contributed by atoms with E-state index in [0.717, 1.165) is 0 Å². The first-order valence-corrected chi connectivity index (χ1v) is 2.16. The molecular formula is C3H4N4O2. The second-order valence-electron chi connectivity index (χ2n) is 1.40. The number of rotatable bonds is 1. The van der Waals surface area contributed by atoms with Gasteiger partial charge in [0.25, 0.3) is 5.82 Å². The predicted octanol–water partition coefficient (Wildman–Crippen LogP) is -0.495.